The third-order valence-corrected chi connectivity index (χ3v) is 3.69. The Hall–Kier alpha value is -1.26. The van der Waals surface area contributed by atoms with Crippen molar-refractivity contribution in [3.63, 3.8) is 0 Å². The first-order chi connectivity index (χ1) is 8.38. The molecule has 1 aromatic carbocycles. The Bertz CT molecular complexity index is 402. The fourth-order valence-electron chi connectivity index (χ4n) is 2.69. The predicted octanol–water partition coefficient (Wildman–Crippen LogP) is 1.10. The number of ether oxygens (including phenoxy) is 2. The molecule has 2 aliphatic heterocycles. The first kappa shape index (κ1) is 10.9. The van der Waals surface area contributed by atoms with Crippen molar-refractivity contribution < 1.29 is 14.6 Å². The smallest absolute Gasteiger partial charge is 0.231 e. The van der Waals surface area contributed by atoms with Crippen LogP contribution in [0.4, 0.5) is 0 Å². The molecule has 2 N–H and O–H groups in total. The van der Waals surface area contributed by atoms with E-state index in [1.807, 2.05) is 18.2 Å². The van der Waals surface area contributed by atoms with Crippen molar-refractivity contribution in [1.82, 2.24) is 5.32 Å². The monoisotopic (exact) mass is 235 g/mol. The predicted molar refractivity (Wildman–Crippen MR) is 63.4 cm³/mol. The molecule has 92 valence electrons. The number of hydrogen-bond acceptors (Lipinski definition) is 4. The van der Waals surface area contributed by atoms with Gasteiger partial charge in [-0.05, 0) is 43.1 Å². The average molecular weight is 235 g/mol. The van der Waals surface area contributed by atoms with Crippen molar-refractivity contribution in [2.45, 2.75) is 12.3 Å². The molecule has 4 heteroatoms. The Balaban J connectivity index is 1.85. The molecule has 2 atom stereocenters. The molecule has 0 aromatic heterocycles. The van der Waals surface area contributed by atoms with E-state index in [9.17, 15) is 5.11 Å². The third kappa shape index (κ3) is 1.98. The summed E-state index contributed by atoms with van der Waals surface area (Å²) >= 11 is 0. The highest BCUT2D eigenvalue weighted by Gasteiger charge is 2.27. The van der Waals surface area contributed by atoms with E-state index in [0.29, 0.717) is 12.7 Å². The van der Waals surface area contributed by atoms with Gasteiger partial charge < -0.3 is 19.9 Å². The van der Waals surface area contributed by atoms with Crippen LogP contribution in [0.3, 0.4) is 0 Å². The molecule has 0 bridgehead atoms. The number of hydrogen-bond donors (Lipinski definition) is 2. The van der Waals surface area contributed by atoms with Crippen LogP contribution in [0.5, 0.6) is 11.5 Å². The molecule has 2 heterocycles. The van der Waals surface area contributed by atoms with Crippen LogP contribution in [0.2, 0.25) is 0 Å². The lowest BCUT2D eigenvalue weighted by Crippen LogP contribution is -2.19. The zero-order chi connectivity index (χ0) is 11.7. The standard InChI is InChI=1S/C13H17NO3/c15-7-11(10-3-4-14-6-10)9-1-2-12-13(5-9)17-8-16-12/h1-2,5,10-11,14-15H,3-4,6-8H2. The van der Waals surface area contributed by atoms with Crippen LogP contribution in [-0.4, -0.2) is 31.6 Å². The molecule has 1 aromatic rings. The van der Waals surface area contributed by atoms with E-state index in [1.165, 1.54) is 0 Å². The maximum Gasteiger partial charge on any atom is 0.231 e. The van der Waals surface area contributed by atoms with E-state index in [2.05, 4.69) is 5.32 Å². The van der Waals surface area contributed by atoms with E-state index in [0.717, 1.165) is 36.6 Å². The number of rotatable bonds is 3. The lowest BCUT2D eigenvalue weighted by Gasteiger charge is -2.21. The molecule has 4 nitrogen and oxygen atoms in total. The van der Waals surface area contributed by atoms with Crippen LogP contribution in [0.25, 0.3) is 0 Å². The number of fused-ring (bicyclic) bond motifs is 1. The molecule has 1 saturated heterocycles. The quantitative estimate of drug-likeness (QED) is 0.823. The second kappa shape index (κ2) is 4.55. The average Bonchev–Trinajstić information content (AvgIpc) is 2.99. The molecule has 0 aliphatic carbocycles. The largest absolute Gasteiger partial charge is 0.454 e. The Morgan fingerprint density at radius 2 is 2.24 bits per heavy atom. The molecule has 3 rings (SSSR count). The van der Waals surface area contributed by atoms with Gasteiger partial charge in [-0.3, -0.25) is 0 Å². The van der Waals surface area contributed by atoms with E-state index in [4.69, 9.17) is 9.47 Å². The SMILES string of the molecule is OCC(c1ccc2c(c1)OCO2)C1CCNC1. The van der Waals surface area contributed by atoms with Gasteiger partial charge in [0.2, 0.25) is 6.79 Å². The lowest BCUT2D eigenvalue weighted by molar-refractivity contribution is 0.174. The van der Waals surface area contributed by atoms with Gasteiger partial charge in [0.15, 0.2) is 11.5 Å². The molecule has 2 aliphatic rings. The minimum atomic E-state index is 0.186. The van der Waals surface area contributed by atoms with Gasteiger partial charge in [-0.1, -0.05) is 6.07 Å². The van der Waals surface area contributed by atoms with Gasteiger partial charge in [0.05, 0.1) is 6.61 Å². The number of aliphatic hydroxyl groups excluding tert-OH is 1. The number of benzene rings is 1. The highest BCUT2D eigenvalue weighted by Crippen LogP contribution is 2.37. The normalized spacial score (nSPS) is 23.9. The van der Waals surface area contributed by atoms with E-state index < -0.39 is 0 Å². The van der Waals surface area contributed by atoms with Crippen LogP contribution in [0.15, 0.2) is 18.2 Å². The Kier molecular flexibility index (Phi) is 2.91. The third-order valence-electron chi connectivity index (χ3n) is 3.69. The molecular formula is C13H17NO3. The highest BCUT2D eigenvalue weighted by atomic mass is 16.7. The van der Waals surface area contributed by atoms with Crippen molar-refractivity contribution in [2.24, 2.45) is 5.92 Å². The maximum atomic E-state index is 9.59. The fourth-order valence-corrected chi connectivity index (χ4v) is 2.69. The van der Waals surface area contributed by atoms with E-state index in [1.54, 1.807) is 0 Å². The fraction of sp³-hybridized carbons (Fsp3) is 0.538. The van der Waals surface area contributed by atoms with Gasteiger partial charge in [0.1, 0.15) is 0 Å². The minimum Gasteiger partial charge on any atom is -0.454 e. The van der Waals surface area contributed by atoms with Crippen LogP contribution in [-0.2, 0) is 0 Å². The van der Waals surface area contributed by atoms with Crippen molar-refractivity contribution in [3.05, 3.63) is 23.8 Å². The first-order valence-corrected chi connectivity index (χ1v) is 6.09. The van der Waals surface area contributed by atoms with E-state index in [-0.39, 0.29) is 12.5 Å². The van der Waals surface area contributed by atoms with Gasteiger partial charge in [0.25, 0.3) is 0 Å². The van der Waals surface area contributed by atoms with Crippen molar-refractivity contribution in [1.29, 1.82) is 0 Å². The number of aliphatic hydroxyl groups is 1. The minimum absolute atomic E-state index is 0.186. The summed E-state index contributed by atoms with van der Waals surface area (Å²) < 4.78 is 10.7. The summed E-state index contributed by atoms with van der Waals surface area (Å²) in [6.45, 7) is 2.52. The second-order valence-corrected chi connectivity index (χ2v) is 4.65. The second-order valence-electron chi connectivity index (χ2n) is 4.65. The zero-order valence-electron chi connectivity index (χ0n) is 9.69. The molecule has 0 radical (unpaired) electrons. The highest BCUT2D eigenvalue weighted by molar-refractivity contribution is 5.45. The topological polar surface area (TPSA) is 50.7 Å². The van der Waals surface area contributed by atoms with Crippen LogP contribution in [0.1, 0.15) is 17.9 Å². The maximum absolute atomic E-state index is 9.59. The summed E-state index contributed by atoms with van der Waals surface area (Å²) in [5, 5.41) is 12.9. The molecule has 1 fully saturated rings. The first-order valence-electron chi connectivity index (χ1n) is 6.09. The molecule has 0 spiro atoms. The summed E-state index contributed by atoms with van der Waals surface area (Å²) in [5.41, 5.74) is 1.14. The van der Waals surface area contributed by atoms with Gasteiger partial charge >= 0.3 is 0 Å². The van der Waals surface area contributed by atoms with Crippen molar-refractivity contribution in [2.75, 3.05) is 26.5 Å². The molecule has 0 saturated carbocycles. The lowest BCUT2D eigenvalue weighted by atomic mass is 9.86. The summed E-state index contributed by atoms with van der Waals surface area (Å²) in [4.78, 5) is 0. The van der Waals surface area contributed by atoms with Gasteiger partial charge in [0, 0.05) is 5.92 Å². The van der Waals surface area contributed by atoms with Gasteiger partial charge in [-0.25, -0.2) is 0 Å². The summed E-state index contributed by atoms with van der Waals surface area (Å²) in [7, 11) is 0. The van der Waals surface area contributed by atoms with Crippen molar-refractivity contribution >= 4 is 0 Å². The van der Waals surface area contributed by atoms with Crippen molar-refractivity contribution in [3.8, 4) is 11.5 Å². The summed E-state index contributed by atoms with van der Waals surface area (Å²) in [6, 6.07) is 5.97. The molecule has 2 unspecified atom stereocenters. The summed E-state index contributed by atoms with van der Waals surface area (Å²) in [6.07, 6.45) is 1.12. The Morgan fingerprint density at radius 3 is 3.00 bits per heavy atom. The van der Waals surface area contributed by atoms with Crippen LogP contribution < -0.4 is 14.8 Å². The Morgan fingerprint density at radius 1 is 1.35 bits per heavy atom. The van der Waals surface area contributed by atoms with Gasteiger partial charge in [-0.15, -0.1) is 0 Å². The number of nitrogens with one attached hydrogen (secondary N) is 1. The zero-order valence-corrected chi connectivity index (χ0v) is 9.69. The van der Waals surface area contributed by atoms with Crippen LogP contribution in [0, 0.1) is 5.92 Å². The molecular weight excluding hydrogens is 218 g/mol. The summed E-state index contributed by atoms with van der Waals surface area (Å²) in [5.74, 6) is 2.31. The van der Waals surface area contributed by atoms with Crippen LogP contribution >= 0.6 is 0 Å². The Labute approximate surface area is 101 Å². The molecule has 0 amide bonds. The van der Waals surface area contributed by atoms with E-state index >= 15 is 0 Å². The van der Waals surface area contributed by atoms with Gasteiger partial charge in [-0.2, -0.15) is 0 Å². The molecule has 17 heavy (non-hydrogen) atoms.